The highest BCUT2D eigenvalue weighted by molar-refractivity contribution is 7.94. The number of benzene rings is 1. The van der Waals surface area contributed by atoms with E-state index in [1.54, 1.807) is 24.3 Å². The molecule has 0 spiro atoms. The minimum atomic E-state index is -3.37. The Morgan fingerprint density at radius 2 is 2.05 bits per heavy atom. The number of aromatic nitrogens is 2. The van der Waals surface area contributed by atoms with Gasteiger partial charge < -0.3 is 9.84 Å². The first-order valence-electron chi connectivity index (χ1n) is 6.02. The second-order valence-corrected chi connectivity index (χ2v) is 6.23. The minimum absolute atomic E-state index is 0.124. The van der Waals surface area contributed by atoms with Crippen molar-refractivity contribution in [3.8, 4) is 11.4 Å². The maximum atomic E-state index is 11.6. The summed E-state index contributed by atoms with van der Waals surface area (Å²) in [7, 11) is -3.37. The molecule has 1 amide bonds. The van der Waals surface area contributed by atoms with Crippen LogP contribution in [0.5, 0.6) is 0 Å². The number of sulfone groups is 1. The van der Waals surface area contributed by atoms with Gasteiger partial charge in [0.25, 0.3) is 0 Å². The Bertz CT molecular complexity index is 721. The smallest absolute Gasteiger partial charge is 0.225 e. The first kappa shape index (κ1) is 14.9. The van der Waals surface area contributed by atoms with Gasteiger partial charge in [0.05, 0.1) is 5.75 Å². The lowest BCUT2D eigenvalue weighted by Crippen LogP contribution is -2.16. The molecule has 1 heterocycles. The maximum absolute atomic E-state index is 11.6. The van der Waals surface area contributed by atoms with Crippen molar-refractivity contribution >= 4 is 21.4 Å². The largest absolute Gasteiger partial charge is 0.342 e. The van der Waals surface area contributed by atoms with E-state index in [0.717, 1.165) is 11.0 Å². The zero-order chi connectivity index (χ0) is 15.3. The van der Waals surface area contributed by atoms with Gasteiger partial charge in [-0.2, -0.15) is 4.98 Å². The molecule has 1 N–H and O–H groups in total. The summed E-state index contributed by atoms with van der Waals surface area (Å²) in [6, 6.07) is 6.79. The molecule has 7 nitrogen and oxygen atoms in total. The monoisotopic (exact) mass is 307 g/mol. The van der Waals surface area contributed by atoms with Gasteiger partial charge in [0, 0.05) is 23.1 Å². The molecule has 2 rings (SSSR count). The van der Waals surface area contributed by atoms with Crippen LogP contribution >= 0.6 is 0 Å². The molecule has 0 saturated carbocycles. The zero-order valence-corrected chi connectivity index (χ0v) is 11.8. The highest BCUT2D eigenvalue weighted by atomic mass is 32.2. The first-order valence-corrected chi connectivity index (χ1v) is 7.73. The highest BCUT2D eigenvalue weighted by Crippen LogP contribution is 2.17. The molecule has 0 aliphatic heterocycles. The first-order chi connectivity index (χ1) is 10.00. The van der Waals surface area contributed by atoms with Crippen LogP contribution in [0.1, 0.15) is 6.42 Å². The van der Waals surface area contributed by atoms with Crippen molar-refractivity contribution in [2.45, 2.75) is 6.42 Å². The molecule has 0 radical (unpaired) electrons. The van der Waals surface area contributed by atoms with Crippen LogP contribution in [0.2, 0.25) is 0 Å². The summed E-state index contributed by atoms with van der Waals surface area (Å²) in [4.78, 5) is 15.5. The number of carbonyl (C=O) groups is 1. The lowest BCUT2D eigenvalue weighted by Gasteiger charge is -2.05. The highest BCUT2D eigenvalue weighted by Gasteiger charge is 2.10. The molecule has 1 aromatic carbocycles. The Labute approximate surface area is 121 Å². The fourth-order valence-electron chi connectivity index (χ4n) is 1.54. The Morgan fingerprint density at radius 1 is 1.33 bits per heavy atom. The average molecular weight is 307 g/mol. The number of nitrogens with one attached hydrogen (secondary N) is 1. The van der Waals surface area contributed by atoms with E-state index in [0.29, 0.717) is 11.5 Å². The predicted molar refractivity (Wildman–Crippen MR) is 77.0 cm³/mol. The van der Waals surface area contributed by atoms with E-state index in [2.05, 4.69) is 26.6 Å². The normalized spacial score (nSPS) is 11.0. The van der Waals surface area contributed by atoms with Gasteiger partial charge in [-0.25, -0.2) is 8.42 Å². The van der Waals surface area contributed by atoms with Crippen LogP contribution in [0, 0.1) is 0 Å². The SMILES string of the molecule is C=CS(=O)(=O)CCC(=O)Nc1ccc(-c2ncon2)cc1. The fraction of sp³-hybridized carbons (Fsp3) is 0.154. The topological polar surface area (TPSA) is 102 Å². The zero-order valence-electron chi connectivity index (χ0n) is 11.0. The molecule has 0 atom stereocenters. The molecule has 0 bridgehead atoms. The van der Waals surface area contributed by atoms with Crippen LogP contribution < -0.4 is 5.32 Å². The second-order valence-electron chi connectivity index (χ2n) is 4.16. The summed E-state index contributed by atoms with van der Waals surface area (Å²) in [5, 5.41) is 7.15. The van der Waals surface area contributed by atoms with E-state index < -0.39 is 9.84 Å². The summed E-state index contributed by atoms with van der Waals surface area (Å²) in [6.45, 7) is 3.19. The molecule has 21 heavy (non-hydrogen) atoms. The third-order valence-corrected chi connectivity index (χ3v) is 3.94. The van der Waals surface area contributed by atoms with Gasteiger partial charge in [0.1, 0.15) is 0 Å². The molecule has 110 valence electrons. The van der Waals surface area contributed by atoms with Crippen LogP contribution in [-0.4, -0.2) is 30.2 Å². The van der Waals surface area contributed by atoms with Crippen molar-refractivity contribution in [2.75, 3.05) is 11.1 Å². The number of hydrogen-bond donors (Lipinski definition) is 1. The maximum Gasteiger partial charge on any atom is 0.225 e. The van der Waals surface area contributed by atoms with Crippen molar-refractivity contribution in [2.24, 2.45) is 0 Å². The summed E-state index contributed by atoms with van der Waals surface area (Å²) in [5.74, 6) is -0.193. The third kappa shape index (κ3) is 4.25. The molecule has 0 saturated heterocycles. The minimum Gasteiger partial charge on any atom is -0.342 e. The fourth-order valence-corrected chi connectivity index (χ4v) is 2.18. The number of hydrogen-bond acceptors (Lipinski definition) is 6. The van der Waals surface area contributed by atoms with E-state index in [9.17, 15) is 13.2 Å². The van der Waals surface area contributed by atoms with Crippen molar-refractivity contribution in [1.29, 1.82) is 0 Å². The molecule has 8 heteroatoms. The summed E-state index contributed by atoms with van der Waals surface area (Å²) < 4.78 is 27.1. The van der Waals surface area contributed by atoms with Crippen molar-refractivity contribution in [1.82, 2.24) is 10.1 Å². The van der Waals surface area contributed by atoms with Gasteiger partial charge in [0.2, 0.25) is 18.1 Å². The van der Waals surface area contributed by atoms with Gasteiger partial charge in [-0.05, 0) is 24.3 Å². The number of anilines is 1. The van der Waals surface area contributed by atoms with Gasteiger partial charge in [-0.1, -0.05) is 11.7 Å². The Kier molecular flexibility index (Phi) is 4.49. The molecular weight excluding hydrogens is 294 g/mol. The summed E-state index contributed by atoms with van der Waals surface area (Å²) >= 11 is 0. The van der Waals surface area contributed by atoms with Crippen LogP contribution in [0.4, 0.5) is 5.69 Å². The Hall–Kier alpha value is -2.48. The molecule has 0 fully saturated rings. The predicted octanol–water partition coefficient (Wildman–Crippen LogP) is 1.62. The molecular formula is C13H13N3O4S. The molecule has 0 aliphatic carbocycles. The van der Waals surface area contributed by atoms with Crippen molar-refractivity contribution in [3.63, 3.8) is 0 Å². The Morgan fingerprint density at radius 3 is 2.62 bits per heavy atom. The molecule has 0 unspecified atom stereocenters. The van der Waals surface area contributed by atoms with Gasteiger partial charge in [-0.3, -0.25) is 4.79 Å². The number of carbonyl (C=O) groups excluding carboxylic acids is 1. The average Bonchev–Trinajstić information content (AvgIpc) is 3.00. The van der Waals surface area contributed by atoms with Gasteiger partial charge in [0.15, 0.2) is 9.84 Å². The van der Waals surface area contributed by atoms with E-state index in [1.807, 2.05) is 0 Å². The lowest BCUT2D eigenvalue weighted by atomic mass is 10.2. The molecule has 0 aliphatic rings. The van der Waals surface area contributed by atoms with E-state index in [1.165, 1.54) is 6.39 Å². The van der Waals surface area contributed by atoms with Crippen LogP contribution in [0.3, 0.4) is 0 Å². The summed E-state index contributed by atoms with van der Waals surface area (Å²) in [5.41, 5.74) is 1.30. The summed E-state index contributed by atoms with van der Waals surface area (Å²) in [6.07, 6.45) is 1.10. The van der Waals surface area contributed by atoms with E-state index >= 15 is 0 Å². The van der Waals surface area contributed by atoms with Gasteiger partial charge >= 0.3 is 0 Å². The van der Waals surface area contributed by atoms with E-state index in [4.69, 9.17) is 0 Å². The molecule has 2 aromatic rings. The Balaban J connectivity index is 1.94. The quantitative estimate of drug-likeness (QED) is 0.870. The number of amides is 1. The standard InChI is InChI=1S/C13H13N3O4S/c1-2-21(18,19)8-7-12(17)15-11-5-3-10(4-6-11)13-14-9-20-16-13/h2-6,9H,1,7-8H2,(H,15,17). The molecule has 1 aromatic heterocycles. The third-order valence-electron chi connectivity index (χ3n) is 2.66. The second kappa shape index (κ2) is 6.31. The van der Waals surface area contributed by atoms with E-state index in [-0.39, 0.29) is 18.1 Å². The van der Waals surface area contributed by atoms with Crippen molar-refractivity contribution in [3.05, 3.63) is 42.6 Å². The number of nitrogens with zero attached hydrogens (tertiary/aromatic N) is 2. The lowest BCUT2D eigenvalue weighted by molar-refractivity contribution is -0.115. The van der Waals surface area contributed by atoms with Crippen molar-refractivity contribution < 1.29 is 17.7 Å². The van der Waals surface area contributed by atoms with Gasteiger partial charge in [-0.15, -0.1) is 0 Å². The van der Waals surface area contributed by atoms with Crippen LogP contribution in [0.15, 0.2) is 47.2 Å². The van der Waals surface area contributed by atoms with Crippen LogP contribution in [0.25, 0.3) is 11.4 Å². The van der Waals surface area contributed by atoms with Crippen LogP contribution in [-0.2, 0) is 14.6 Å². The number of rotatable bonds is 6.